The average molecular weight is 551 g/mol. The van der Waals surface area contributed by atoms with Gasteiger partial charge in [-0.1, -0.05) is 36.2 Å². The van der Waals surface area contributed by atoms with Crippen molar-refractivity contribution in [1.82, 2.24) is 15.1 Å². The van der Waals surface area contributed by atoms with E-state index in [4.69, 9.17) is 11.6 Å². The molecule has 0 aromatic heterocycles. The van der Waals surface area contributed by atoms with Gasteiger partial charge in [-0.15, -0.1) is 0 Å². The number of benzene rings is 2. The van der Waals surface area contributed by atoms with E-state index in [1.807, 2.05) is 31.2 Å². The number of carbonyl (C=O) groups is 4. The van der Waals surface area contributed by atoms with E-state index >= 15 is 0 Å². The maximum absolute atomic E-state index is 13.1. The molecule has 4 amide bonds. The largest absolute Gasteiger partial charge is 0.325 e. The first-order valence-corrected chi connectivity index (χ1v) is 14.3. The number of unbranched alkanes of at least 4 members (excludes halogenated alkanes) is 1. The second kappa shape index (κ2) is 11.9. The van der Waals surface area contributed by atoms with Gasteiger partial charge in [-0.25, -0.2) is 0 Å². The highest BCUT2D eigenvalue weighted by molar-refractivity contribution is 6.31. The molecule has 0 bridgehead atoms. The van der Waals surface area contributed by atoms with Crippen molar-refractivity contribution >= 4 is 40.9 Å². The molecule has 3 heterocycles. The summed E-state index contributed by atoms with van der Waals surface area (Å²) in [4.78, 5) is 54.0. The minimum Gasteiger partial charge on any atom is -0.325 e. The van der Waals surface area contributed by atoms with Gasteiger partial charge in [0.15, 0.2) is 0 Å². The summed E-state index contributed by atoms with van der Waals surface area (Å²) < 4.78 is 0. The fourth-order valence-electron chi connectivity index (χ4n) is 5.97. The quantitative estimate of drug-likeness (QED) is 0.379. The van der Waals surface area contributed by atoms with E-state index < -0.39 is 6.04 Å². The molecule has 2 atom stereocenters. The van der Waals surface area contributed by atoms with E-state index in [-0.39, 0.29) is 36.1 Å². The number of aryl methyl sites for hydroxylation is 2. The number of likely N-dealkylation sites (tertiary alicyclic amines) is 1. The number of imide groups is 1. The SMILES string of the molecule is Cc1ccc(NC(=O)C2CCCCN2CCCCc2cccc3c2CN(C2CCC(=O)NC2=O)C3=O)cc1Cl. The van der Waals surface area contributed by atoms with E-state index in [1.165, 1.54) is 0 Å². The zero-order valence-corrected chi connectivity index (χ0v) is 23.1. The first-order chi connectivity index (χ1) is 18.8. The number of hydrogen-bond donors (Lipinski definition) is 2. The van der Waals surface area contributed by atoms with Crippen molar-refractivity contribution in [2.45, 2.75) is 76.9 Å². The van der Waals surface area contributed by atoms with Gasteiger partial charge in [0.05, 0.1) is 6.04 Å². The van der Waals surface area contributed by atoms with Gasteiger partial charge in [-0.3, -0.25) is 29.4 Å². The zero-order chi connectivity index (χ0) is 27.5. The molecule has 0 spiro atoms. The summed E-state index contributed by atoms with van der Waals surface area (Å²) in [6, 6.07) is 10.6. The number of hydrogen-bond acceptors (Lipinski definition) is 5. The van der Waals surface area contributed by atoms with Crippen LogP contribution in [0, 0.1) is 6.92 Å². The highest BCUT2D eigenvalue weighted by Crippen LogP contribution is 2.31. The van der Waals surface area contributed by atoms with Crippen molar-refractivity contribution in [3.63, 3.8) is 0 Å². The summed E-state index contributed by atoms with van der Waals surface area (Å²) in [5.74, 6) is -0.797. The highest BCUT2D eigenvalue weighted by Gasteiger charge is 2.39. The number of nitrogens with zero attached hydrogens (tertiary/aromatic N) is 2. The Bertz CT molecular complexity index is 1300. The summed E-state index contributed by atoms with van der Waals surface area (Å²) in [6.07, 6.45) is 6.28. The van der Waals surface area contributed by atoms with Crippen molar-refractivity contribution in [3.8, 4) is 0 Å². The van der Waals surface area contributed by atoms with Crippen LogP contribution in [0.3, 0.4) is 0 Å². The van der Waals surface area contributed by atoms with E-state index in [1.54, 1.807) is 11.0 Å². The number of amides is 4. The second-order valence-corrected chi connectivity index (χ2v) is 11.2. The van der Waals surface area contributed by atoms with Gasteiger partial charge < -0.3 is 10.2 Å². The van der Waals surface area contributed by atoms with Crippen molar-refractivity contribution in [2.75, 3.05) is 18.4 Å². The minimum absolute atomic E-state index is 0.0163. The summed E-state index contributed by atoms with van der Waals surface area (Å²) in [7, 11) is 0. The number of piperidine rings is 2. The second-order valence-electron chi connectivity index (χ2n) is 10.8. The lowest BCUT2D eigenvalue weighted by atomic mass is 9.97. The Morgan fingerprint density at radius 3 is 2.74 bits per heavy atom. The third-order valence-corrected chi connectivity index (χ3v) is 8.58. The lowest BCUT2D eigenvalue weighted by Crippen LogP contribution is -2.52. The Balaban J connectivity index is 1.16. The Kier molecular flexibility index (Phi) is 8.33. The van der Waals surface area contributed by atoms with Crippen LogP contribution in [0.1, 0.15) is 72.0 Å². The smallest absolute Gasteiger partial charge is 0.255 e. The van der Waals surface area contributed by atoms with Gasteiger partial charge in [0.2, 0.25) is 17.7 Å². The normalized spacial score (nSPS) is 21.6. The van der Waals surface area contributed by atoms with Crippen LogP contribution >= 0.6 is 11.6 Å². The van der Waals surface area contributed by atoms with Crippen molar-refractivity contribution in [2.24, 2.45) is 0 Å². The number of fused-ring (bicyclic) bond motifs is 1. The molecular formula is C30H35ClN4O4. The topological polar surface area (TPSA) is 98.8 Å². The number of halogens is 1. The van der Waals surface area contributed by atoms with Gasteiger partial charge in [-0.2, -0.15) is 0 Å². The monoisotopic (exact) mass is 550 g/mol. The molecular weight excluding hydrogens is 516 g/mol. The molecule has 2 saturated heterocycles. The molecule has 206 valence electrons. The third-order valence-electron chi connectivity index (χ3n) is 8.18. The maximum Gasteiger partial charge on any atom is 0.255 e. The summed E-state index contributed by atoms with van der Waals surface area (Å²) in [6.45, 7) is 4.08. The molecule has 2 N–H and O–H groups in total. The standard InChI is InChI=1S/C30H35ClN4O4/c1-19-11-12-21(17-24(19)31)32-28(37)25-10-3-5-16-34(25)15-4-2-7-20-8-6-9-22-23(20)18-35(30(22)39)26-13-14-27(36)33-29(26)38/h6,8-9,11-12,17,25-26H,2-5,7,10,13-16,18H2,1H3,(H,32,37)(H,33,36,38). The molecule has 2 aromatic rings. The van der Waals surface area contributed by atoms with E-state index in [2.05, 4.69) is 21.6 Å². The van der Waals surface area contributed by atoms with Crippen LogP contribution in [0.5, 0.6) is 0 Å². The fraction of sp³-hybridized carbons (Fsp3) is 0.467. The molecule has 0 aliphatic carbocycles. The van der Waals surface area contributed by atoms with Crippen molar-refractivity contribution in [3.05, 3.63) is 63.7 Å². The predicted octanol–water partition coefficient (Wildman–Crippen LogP) is 4.23. The first kappa shape index (κ1) is 27.3. The summed E-state index contributed by atoms with van der Waals surface area (Å²) in [5, 5.41) is 6.05. The lowest BCUT2D eigenvalue weighted by Gasteiger charge is -2.34. The summed E-state index contributed by atoms with van der Waals surface area (Å²) in [5.41, 5.74) is 4.46. The van der Waals surface area contributed by atoms with Crippen molar-refractivity contribution < 1.29 is 19.2 Å². The fourth-order valence-corrected chi connectivity index (χ4v) is 6.15. The molecule has 5 rings (SSSR count). The molecule has 0 radical (unpaired) electrons. The Labute approximate surface area is 234 Å². The number of carbonyl (C=O) groups excluding carboxylic acids is 4. The van der Waals surface area contributed by atoms with Crippen LogP contribution in [-0.4, -0.2) is 58.6 Å². The average Bonchev–Trinajstić information content (AvgIpc) is 3.25. The molecule has 39 heavy (non-hydrogen) atoms. The van der Waals surface area contributed by atoms with E-state index in [0.29, 0.717) is 23.6 Å². The maximum atomic E-state index is 13.1. The molecule has 8 nitrogen and oxygen atoms in total. The van der Waals surface area contributed by atoms with Crippen LogP contribution in [0.25, 0.3) is 0 Å². The van der Waals surface area contributed by atoms with E-state index in [9.17, 15) is 19.2 Å². The number of rotatable bonds is 8. The van der Waals surface area contributed by atoms with Gasteiger partial charge in [0.25, 0.3) is 5.91 Å². The lowest BCUT2D eigenvalue weighted by molar-refractivity contribution is -0.137. The van der Waals surface area contributed by atoms with Crippen LogP contribution in [-0.2, 0) is 27.3 Å². The van der Waals surface area contributed by atoms with Crippen LogP contribution < -0.4 is 10.6 Å². The van der Waals surface area contributed by atoms with Crippen LogP contribution in [0.2, 0.25) is 5.02 Å². The highest BCUT2D eigenvalue weighted by atomic mass is 35.5. The van der Waals surface area contributed by atoms with Crippen LogP contribution in [0.4, 0.5) is 5.69 Å². The molecule has 2 unspecified atom stereocenters. The van der Waals surface area contributed by atoms with Crippen LogP contribution in [0.15, 0.2) is 36.4 Å². The molecule has 9 heteroatoms. The van der Waals surface area contributed by atoms with Gasteiger partial charge >= 0.3 is 0 Å². The zero-order valence-electron chi connectivity index (χ0n) is 22.3. The molecule has 2 aromatic carbocycles. The summed E-state index contributed by atoms with van der Waals surface area (Å²) >= 11 is 6.24. The Morgan fingerprint density at radius 2 is 1.95 bits per heavy atom. The first-order valence-electron chi connectivity index (χ1n) is 13.9. The number of anilines is 1. The van der Waals surface area contributed by atoms with E-state index in [0.717, 1.165) is 74.0 Å². The van der Waals surface area contributed by atoms with Gasteiger partial charge in [0.1, 0.15) is 6.04 Å². The Morgan fingerprint density at radius 1 is 1.10 bits per heavy atom. The molecule has 0 saturated carbocycles. The Hall–Kier alpha value is -3.23. The molecule has 3 aliphatic heterocycles. The number of nitrogens with one attached hydrogen (secondary N) is 2. The third kappa shape index (κ3) is 6.02. The predicted molar refractivity (Wildman–Crippen MR) is 149 cm³/mol. The van der Waals surface area contributed by atoms with Gasteiger partial charge in [0, 0.05) is 29.2 Å². The molecule has 2 fully saturated rings. The van der Waals surface area contributed by atoms with Crippen molar-refractivity contribution in [1.29, 1.82) is 0 Å². The van der Waals surface area contributed by atoms with Gasteiger partial charge in [-0.05, 0) is 93.4 Å². The molecule has 3 aliphatic rings. The minimum atomic E-state index is -0.603.